The molecule has 0 amide bonds. The summed E-state index contributed by atoms with van der Waals surface area (Å²) < 4.78 is 7.06. The minimum atomic E-state index is -0.482. The Morgan fingerprint density at radius 3 is 3.10 bits per heavy atom. The molecular formula is C11H10N6O3. The molecule has 102 valence electrons. The first-order valence-electron chi connectivity index (χ1n) is 5.86. The standard InChI is InChI=1S/C11H10N6O3/c18-17(19)8-2-1-3-9-10(8)14-11(20-9)12-4-6-16-7-5-13-15-16/h1-3,5,7H,4,6H2,(H,12,14). The van der Waals surface area contributed by atoms with Crippen molar-refractivity contribution < 1.29 is 9.34 Å². The van der Waals surface area contributed by atoms with E-state index in [0.29, 0.717) is 18.7 Å². The summed E-state index contributed by atoms with van der Waals surface area (Å²) in [5.74, 6) is 0. The number of oxazole rings is 1. The minimum absolute atomic E-state index is 0.0735. The van der Waals surface area contributed by atoms with Gasteiger partial charge in [-0.05, 0) is 6.07 Å². The number of para-hydroxylation sites is 1. The molecule has 0 unspecified atom stereocenters. The van der Waals surface area contributed by atoms with E-state index in [9.17, 15) is 10.1 Å². The van der Waals surface area contributed by atoms with E-state index < -0.39 is 4.92 Å². The highest BCUT2D eigenvalue weighted by molar-refractivity contribution is 5.83. The molecule has 0 saturated heterocycles. The molecule has 0 radical (unpaired) electrons. The van der Waals surface area contributed by atoms with E-state index in [2.05, 4.69) is 20.6 Å². The fourth-order valence-corrected chi connectivity index (χ4v) is 1.79. The summed E-state index contributed by atoms with van der Waals surface area (Å²) in [6, 6.07) is 4.83. The van der Waals surface area contributed by atoms with Crippen LogP contribution in [0.25, 0.3) is 11.1 Å². The summed E-state index contributed by atoms with van der Waals surface area (Å²) in [7, 11) is 0. The summed E-state index contributed by atoms with van der Waals surface area (Å²) in [6.45, 7) is 1.10. The lowest BCUT2D eigenvalue weighted by Gasteiger charge is -2.00. The Morgan fingerprint density at radius 1 is 1.45 bits per heavy atom. The molecular weight excluding hydrogens is 264 g/mol. The van der Waals surface area contributed by atoms with Crippen LogP contribution in [0, 0.1) is 10.1 Å². The summed E-state index contributed by atoms with van der Waals surface area (Å²) >= 11 is 0. The Hall–Kier alpha value is -2.97. The van der Waals surface area contributed by atoms with Gasteiger partial charge in [0.25, 0.3) is 11.7 Å². The topological polar surface area (TPSA) is 112 Å². The Morgan fingerprint density at radius 2 is 2.35 bits per heavy atom. The van der Waals surface area contributed by atoms with Crippen LogP contribution in [0.15, 0.2) is 35.0 Å². The van der Waals surface area contributed by atoms with Gasteiger partial charge in [0.15, 0.2) is 11.1 Å². The van der Waals surface area contributed by atoms with Crippen LogP contribution in [-0.2, 0) is 6.54 Å². The van der Waals surface area contributed by atoms with Gasteiger partial charge < -0.3 is 9.73 Å². The van der Waals surface area contributed by atoms with Gasteiger partial charge in [0.2, 0.25) is 0 Å². The number of nitro benzene ring substituents is 1. The number of nitro groups is 1. The fraction of sp³-hybridized carbons (Fsp3) is 0.182. The van der Waals surface area contributed by atoms with E-state index in [4.69, 9.17) is 4.42 Å². The quantitative estimate of drug-likeness (QED) is 0.553. The molecule has 2 aromatic heterocycles. The van der Waals surface area contributed by atoms with Crippen molar-refractivity contribution in [1.82, 2.24) is 20.0 Å². The first-order valence-corrected chi connectivity index (χ1v) is 5.86. The molecule has 1 aromatic carbocycles. The number of fused-ring (bicyclic) bond motifs is 1. The lowest BCUT2D eigenvalue weighted by molar-refractivity contribution is -0.383. The van der Waals surface area contributed by atoms with Gasteiger partial charge in [-0.25, -0.2) is 0 Å². The summed E-state index contributed by atoms with van der Waals surface area (Å²) in [5, 5.41) is 21.3. The Labute approximate surface area is 112 Å². The van der Waals surface area contributed by atoms with Gasteiger partial charge in [-0.1, -0.05) is 11.3 Å². The zero-order valence-electron chi connectivity index (χ0n) is 10.3. The van der Waals surface area contributed by atoms with Crippen molar-refractivity contribution in [3.63, 3.8) is 0 Å². The van der Waals surface area contributed by atoms with E-state index in [0.717, 1.165) is 0 Å². The molecule has 9 nitrogen and oxygen atoms in total. The van der Waals surface area contributed by atoms with Crippen LogP contribution in [0.2, 0.25) is 0 Å². The van der Waals surface area contributed by atoms with Crippen molar-refractivity contribution in [1.29, 1.82) is 0 Å². The number of aromatic nitrogens is 4. The smallest absolute Gasteiger partial charge is 0.298 e. The lowest BCUT2D eigenvalue weighted by atomic mass is 10.3. The normalized spacial score (nSPS) is 10.8. The van der Waals surface area contributed by atoms with Crippen molar-refractivity contribution in [3.05, 3.63) is 40.7 Å². The molecule has 0 atom stereocenters. The molecule has 3 rings (SSSR count). The van der Waals surface area contributed by atoms with Gasteiger partial charge >= 0.3 is 0 Å². The third kappa shape index (κ3) is 2.28. The monoisotopic (exact) mass is 274 g/mol. The average Bonchev–Trinajstić information content (AvgIpc) is 3.06. The van der Waals surface area contributed by atoms with E-state index >= 15 is 0 Å². The first kappa shape index (κ1) is 12.1. The number of hydrogen-bond acceptors (Lipinski definition) is 7. The van der Waals surface area contributed by atoms with E-state index in [-0.39, 0.29) is 17.2 Å². The van der Waals surface area contributed by atoms with Crippen molar-refractivity contribution in [2.24, 2.45) is 0 Å². The van der Waals surface area contributed by atoms with E-state index in [1.54, 1.807) is 29.2 Å². The van der Waals surface area contributed by atoms with Crippen LogP contribution in [0.1, 0.15) is 0 Å². The first-order chi connectivity index (χ1) is 9.74. The molecule has 0 bridgehead atoms. The van der Waals surface area contributed by atoms with Gasteiger partial charge in [0, 0.05) is 18.8 Å². The molecule has 20 heavy (non-hydrogen) atoms. The summed E-state index contributed by atoms with van der Waals surface area (Å²) in [6.07, 6.45) is 3.32. The second kappa shape index (κ2) is 4.96. The third-order valence-corrected chi connectivity index (χ3v) is 2.68. The Kier molecular flexibility index (Phi) is 2.99. The highest BCUT2D eigenvalue weighted by Crippen LogP contribution is 2.27. The zero-order chi connectivity index (χ0) is 13.9. The minimum Gasteiger partial charge on any atom is -0.423 e. The number of nitrogens with zero attached hydrogens (tertiary/aromatic N) is 5. The Bertz CT molecular complexity index is 736. The summed E-state index contributed by atoms with van der Waals surface area (Å²) in [5.41, 5.74) is 0.541. The molecule has 2 heterocycles. The third-order valence-electron chi connectivity index (χ3n) is 2.68. The SMILES string of the molecule is O=[N+]([O-])c1cccc2oc(NCCn3ccnn3)nc12. The van der Waals surface area contributed by atoms with Gasteiger partial charge in [-0.3, -0.25) is 14.8 Å². The zero-order valence-corrected chi connectivity index (χ0v) is 10.3. The van der Waals surface area contributed by atoms with Crippen molar-refractivity contribution in [2.45, 2.75) is 6.54 Å². The van der Waals surface area contributed by atoms with Crippen LogP contribution in [0.4, 0.5) is 11.7 Å². The average molecular weight is 274 g/mol. The molecule has 0 saturated carbocycles. The second-order valence-corrected chi connectivity index (χ2v) is 3.99. The molecule has 0 aliphatic carbocycles. The predicted octanol–water partition coefficient (Wildman–Crippen LogP) is 1.44. The molecule has 0 fully saturated rings. The fourth-order valence-electron chi connectivity index (χ4n) is 1.79. The second-order valence-electron chi connectivity index (χ2n) is 3.99. The summed E-state index contributed by atoms with van der Waals surface area (Å²) in [4.78, 5) is 14.5. The molecule has 9 heteroatoms. The van der Waals surface area contributed by atoms with Crippen LogP contribution in [0.3, 0.4) is 0 Å². The van der Waals surface area contributed by atoms with Crippen molar-refractivity contribution >= 4 is 22.8 Å². The highest BCUT2D eigenvalue weighted by Gasteiger charge is 2.16. The van der Waals surface area contributed by atoms with Gasteiger partial charge in [0.1, 0.15) is 0 Å². The van der Waals surface area contributed by atoms with Crippen molar-refractivity contribution in [3.8, 4) is 0 Å². The largest absolute Gasteiger partial charge is 0.423 e. The molecule has 0 aliphatic heterocycles. The van der Waals surface area contributed by atoms with Crippen LogP contribution < -0.4 is 5.32 Å². The van der Waals surface area contributed by atoms with Crippen LogP contribution >= 0.6 is 0 Å². The van der Waals surface area contributed by atoms with Crippen LogP contribution in [-0.4, -0.2) is 31.4 Å². The van der Waals surface area contributed by atoms with E-state index in [1.165, 1.54) is 6.07 Å². The number of rotatable bonds is 5. The molecule has 0 spiro atoms. The maximum atomic E-state index is 10.9. The maximum absolute atomic E-state index is 10.9. The number of hydrogen-bond donors (Lipinski definition) is 1. The Balaban J connectivity index is 1.76. The molecule has 0 aliphatic rings. The van der Waals surface area contributed by atoms with Gasteiger partial charge in [0.05, 0.1) is 17.7 Å². The number of anilines is 1. The highest BCUT2D eigenvalue weighted by atomic mass is 16.6. The number of benzene rings is 1. The van der Waals surface area contributed by atoms with Gasteiger partial charge in [-0.15, -0.1) is 5.10 Å². The maximum Gasteiger partial charge on any atom is 0.298 e. The van der Waals surface area contributed by atoms with Crippen LogP contribution in [0.5, 0.6) is 0 Å². The molecule has 1 N–H and O–H groups in total. The number of nitrogens with one attached hydrogen (secondary N) is 1. The number of non-ortho nitro benzene ring substituents is 1. The van der Waals surface area contributed by atoms with E-state index in [1.807, 2.05) is 0 Å². The van der Waals surface area contributed by atoms with Gasteiger partial charge in [-0.2, -0.15) is 4.98 Å². The lowest BCUT2D eigenvalue weighted by Crippen LogP contribution is -2.11. The molecule has 3 aromatic rings. The predicted molar refractivity (Wildman–Crippen MR) is 69.2 cm³/mol. The van der Waals surface area contributed by atoms with Crippen molar-refractivity contribution in [2.75, 3.05) is 11.9 Å².